The molecule has 1 fully saturated rings. The Morgan fingerprint density at radius 1 is 1.38 bits per heavy atom. The molecule has 0 aromatic rings. The SMILES string of the molecule is C=CCOC(=O)N1C[C@H](O)C[C@H]1C(=O)OCC[Si](C)(C)C. The van der Waals surface area contributed by atoms with Gasteiger partial charge in [0.25, 0.3) is 0 Å². The van der Waals surface area contributed by atoms with Gasteiger partial charge in [-0.1, -0.05) is 32.3 Å². The summed E-state index contributed by atoms with van der Waals surface area (Å²) in [5, 5.41) is 9.68. The van der Waals surface area contributed by atoms with E-state index in [4.69, 9.17) is 9.47 Å². The zero-order valence-corrected chi connectivity index (χ0v) is 14.0. The third-order valence-corrected chi connectivity index (χ3v) is 4.91. The normalized spacial score (nSPS) is 22.0. The molecule has 1 saturated heterocycles. The van der Waals surface area contributed by atoms with E-state index in [0.717, 1.165) is 6.04 Å². The third-order valence-electron chi connectivity index (χ3n) is 3.21. The molecule has 0 radical (unpaired) electrons. The molecule has 1 rings (SSSR count). The summed E-state index contributed by atoms with van der Waals surface area (Å²) < 4.78 is 10.2. The van der Waals surface area contributed by atoms with Crippen LogP contribution in [0.15, 0.2) is 12.7 Å². The molecule has 0 saturated carbocycles. The van der Waals surface area contributed by atoms with E-state index in [1.165, 1.54) is 11.0 Å². The van der Waals surface area contributed by atoms with Gasteiger partial charge in [-0.25, -0.2) is 9.59 Å². The van der Waals surface area contributed by atoms with Crippen molar-refractivity contribution in [3.63, 3.8) is 0 Å². The molecule has 6 nitrogen and oxygen atoms in total. The van der Waals surface area contributed by atoms with Crippen LogP contribution >= 0.6 is 0 Å². The van der Waals surface area contributed by atoms with Gasteiger partial charge in [-0.05, 0) is 6.04 Å². The van der Waals surface area contributed by atoms with Crippen LogP contribution in [0.3, 0.4) is 0 Å². The van der Waals surface area contributed by atoms with Crippen LogP contribution in [0.2, 0.25) is 25.7 Å². The first-order chi connectivity index (χ1) is 9.74. The largest absolute Gasteiger partial charge is 0.464 e. The van der Waals surface area contributed by atoms with E-state index >= 15 is 0 Å². The van der Waals surface area contributed by atoms with Crippen LogP contribution in [0.25, 0.3) is 0 Å². The Labute approximate surface area is 126 Å². The smallest absolute Gasteiger partial charge is 0.410 e. The van der Waals surface area contributed by atoms with Crippen molar-refractivity contribution >= 4 is 20.1 Å². The summed E-state index contributed by atoms with van der Waals surface area (Å²) in [6, 6.07) is 0.105. The van der Waals surface area contributed by atoms with E-state index in [-0.39, 0.29) is 19.6 Å². The summed E-state index contributed by atoms with van der Waals surface area (Å²) in [5.41, 5.74) is 0. The van der Waals surface area contributed by atoms with E-state index in [9.17, 15) is 14.7 Å². The van der Waals surface area contributed by atoms with Crippen LogP contribution in [-0.4, -0.2) is 62.0 Å². The fraction of sp³-hybridized carbons (Fsp3) is 0.714. The van der Waals surface area contributed by atoms with E-state index in [1.54, 1.807) is 0 Å². The average molecular weight is 315 g/mol. The van der Waals surface area contributed by atoms with Gasteiger partial charge >= 0.3 is 12.1 Å². The topological polar surface area (TPSA) is 76.1 Å². The summed E-state index contributed by atoms with van der Waals surface area (Å²) in [6.45, 7) is 10.6. The average Bonchev–Trinajstić information content (AvgIpc) is 2.76. The highest BCUT2D eigenvalue weighted by molar-refractivity contribution is 6.76. The first-order valence-corrected chi connectivity index (χ1v) is 10.8. The number of rotatable bonds is 6. The number of aliphatic hydroxyl groups excluding tert-OH is 1. The van der Waals surface area contributed by atoms with Gasteiger partial charge in [0, 0.05) is 14.5 Å². The monoisotopic (exact) mass is 315 g/mol. The van der Waals surface area contributed by atoms with Gasteiger partial charge in [0.15, 0.2) is 0 Å². The summed E-state index contributed by atoms with van der Waals surface area (Å²) >= 11 is 0. The maximum Gasteiger partial charge on any atom is 0.410 e. The summed E-state index contributed by atoms with van der Waals surface area (Å²) in [5.74, 6) is -0.472. The van der Waals surface area contributed by atoms with Crippen LogP contribution < -0.4 is 0 Å². The minimum atomic E-state index is -1.28. The van der Waals surface area contributed by atoms with Crippen LogP contribution in [-0.2, 0) is 14.3 Å². The molecule has 1 aliphatic heterocycles. The van der Waals surface area contributed by atoms with Gasteiger partial charge in [0.2, 0.25) is 0 Å². The summed E-state index contributed by atoms with van der Waals surface area (Å²) in [6.07, 6.45) is 0.287. The number of carbonyl (C=O) groups is 2. The minimum Gasteiger partial charge on any atom is -0.464 e. The van der Waals surface area contributed by atoms with Crippen molar-refractivity contribution < 1.29 is 24.2 Å². The molecule has 0 aromatic carbocycles. The molecule has 1 aliphatic rings. The van der Waals surface area contributed by atoms with Crippen molar-refractivity contribution in [2.75, 3.05) is 19.8 Å². The minimum absolute atomic E-state index is 0.0722. The zero-order valence-electron chi connectivity index (χ0n) is 13.0. The number of hydrogen-bond donors (Lipinski definition) is 1. The van der Waals surface area contributed by atoms with Gasteiger partial charge < -0.3 is 14.6 Å². The highest BCUT2D eigenvalue weighted by atomic mass is 28.3. The molecule has 120 valence electrons. The van der Waals surface area contributed by atoms with E-state index in [1.807, 2.05) is 0 Å². The lowest BCUT2D eigenvalue weighted by atomic mass is 10.2. The van der Waals surface area contributed by atoms with E-state index in [2.05, 4.69) is 26.2 Å². The summed E-state index contributed by atoms with van der Waals surface area (Å²) in [4.78, 5) is 25.1. The predicted molar refractivity (Wildman–Crippen MR) is 81.8 cm³/mol. The maximum absolute atomic E-state index is 12.1. The molecule has 0 spiro atoms. The lowest BCUT2D eigenvalue weighted by Gasteiger charge is -2.23. The van der Waals surface area contributed by atoms with Crippen molar-refractivity contribution in [3.8, 4) is 0 Å². The number of ether oxygens (including phenoxy) is 2. The van der Waals surface area contributed by atoms with Gasteiger partial charge in [-0.3, -0.25) is 4.90 Å². The number of carbonyl (C=O) groups excluding carboxylic acids is 2. The lowest BCUT2D eigenvalue weighted by Crippen LogP contribution is -2.42. The molecule has 1 N–H and O–H groups in total. The Balaban J connectivity index is 2.55. The number of nitrogens with zero attached hydrogens (tertiary/aromatic N) is 1. The molecule has 7 heteroatoms. The fourth-order valence-corrected chi connectivity index (χ4v) is 2.72. The Morgan fingerprint density at radius 3 is 2.62 bits per heavy atom. The van der Waals surface area contributed by atoms with Crippen molar-refractivity contribution in [1.82, 2.24) is 4.90 Å². The number of β-amino-alcohol motifs (C(OH)–C–C–N with tert-alkyl or cyclic N) is 1. The Hall–Kier alpha value is -1.34. The Kier molecular flexibility index (Phi) is 6.41. The molecule has 0 unspecified atom stereocenters. The van der Waals surface area contributed by atoms with E-state index in [0.29, 0.717) is 6.61 Å². The molecule has 0 bridgehead atoms. The fourth-order valence-electron chi connectivity index (χ4n) is 2.01. The van der Waals surface area contributed by atoms with Crippen LogP contribution in [0.5, 0.6) is 0 Å². The number of hydrogen-bond acceptors (Lipinski definition) is 5. The van der Waals surface area contributed by atoms with Crippen LogP contribution in [0.4, 0.5) is 4.79 Å². The number of esters is 1. The zero-order chi connectivity index (χ0) is 16.0. The highest BCUT2D eigenvalue weighted by Gasteiger charge is 2.40. The second-order valence-corrected chi connectivity index (χ2v) is 12.0. The van der Waals surface area contributed by atoms with Crippen LogP contribution in [0.1, 0.15) is 6.42 Å². The first-order valence-electron chi connectivity index (χ1n) is 7.13. The second-order valence-electron chi connectivity index (χ2n) is 6.40. The van der Waals surface area contributed by atoms with Crippen molar-refractivity contribution in [2.45, 2.75) is 44.3 Å². The predicted octanol–water partition coefficient (Wildman–Crippen LogP) is 1.63. The van der Waals surface area contributed by atoms with Gasteiger partial charge in [0.05, 0.1) is 19.3 Å². The molecule has 21 heavy (non-hydrogen) atoms. The molecular formula is C14H25NO5Si. The van der Waals surface area contributed by atoms with Crippen molar-refractivity contribution in [2.24, 2.45) is 0 Å². The van der Waals surface area contributed by atoms with Crippen molar-refractivity contribution in [3.05, 3.63) is 12.7 Å². The maximum atomic E-state index is 12.1. The number of likely N-dealkylation sites (tertiary alicyclic amines) is 1. The molecule has 1 amide bonds. The Bertz CT molecular complexity index is 393. The molecule has 0 aromatic heterocycles. The van der Waals surface area contributed by atoms with Crippen molar-refractivity contribution in [1.29, 1.82) is 0 Å². The van der Waals surface area contributed by atoms with Gasteiger partial charge in [0.1, 0.15) is 12.6 Å². The van der Waals surface area contributed by atoms with Crippen LogP contribution in [0, 0.1) is 0 Å². The number of amides is 1. The lowest BCUT2D eigenvalue weighted by molar-refractivity contribution is -0.148. The quantitative estimate of drug-likeness (QED) is 0.458. The molecule has 0 aliphatic carbocycles. The molecule has 2 atom stereocenters. The summed E-state index contributed by atoms with van der Waals surface area (Å²) in [7, 11) is -1.28. The third kappa shape index (κ3) is 5.89. The standard InChI is InChI=1S/C14H25NO5Si/c1-5-6-20-14(18)15-10-11(16)9-12(15)13(17)19-7-8-21(2,3)4/h5,11-12,16H,1,6-10H2,2-4H3/t11-,12+/m1/s1. The highest BCUT2D eigenvalue weighted by Crippen LogP contribution is 2.20. The molecule has 1 heterocycles. The first kappa shape index (κ1) is 17.7. The van der Waals surface area contributed by atoms with E-state index < -0.39 is 32.3 Å². The molecular weight excluding hydrogens is 290 g/mol. The Morgan fingerprint density at radius 2 is 2.05 bits per heavy atom. The van der Waals surface area contributed by atoms with Gasteiger partial charge in [-0.15, -0.1) is 0 Å². The second kappa shape index (κ2) is 7.60. The number of aliphatic hydroxyl groups is 1. The van der Waals surface area contributed by atoms with Gasteiger partial charge in [-0.2, -0.15) is 0 Å².